The molecule has 0 radical (unpaired) electrons. The zero-order chi connectivity index (χ0) is 7.56. The van der Waals surface area contributed by atoms with E-state index in [1.165, 1.54) is 18.3 Å². The second-order valence-electron chi connectivity index (χ2n) is 1.78. The lowest BCUT2D eigenvalue weighted by Gasteiger charge is -1.86. The Kier molecular flexibility index (Phi) is 1.53. The van der Waals surface area contributed by atoms with Gasteiger partial charge in [-0.25, -0.2) is 4.79 Å². The fourth-order valence-electron chi connectivity index (χ4n) is 0.590. The molecule has 1 aromatic rings. The van der Waals surface area contributed by atoms with Gasteiger partial charge in [-0.05, 0) is 6.07 Å². The predicted octanol–water partition coefficient (Wildman–Crippen LogP) is -0.0904. The van der Waals surface area contributed by atoms with Gasteiger partial charge >= 0.3 is 5.97 Å². The van der Waals surface area contributed by atoms with E-state index in [1.54, 1.807) is 0 Å². The van der Waals surface area contributed by atoms with Crippen LogP contribution in [-0.4, -0.2) is 16.3 Å². The molecule has 0 fully saturated rings. The van der Waals surface area contributed by atoms with Crippen LogP contribution >= 0.6 is 0 Å². The SMILES string of the molecule is O=C(O)c1ccc[n+](O)c1. The second kappa shape index (κ2) is 2.34. The van der Waals surface area contributed by atoms with Gasteiger partial charge in [-0.15, -0.1) is 0 Å². The first-order chi connectivity index (χ1) is 4.70. The van der Waals surface area contributed by atoms with E-state index in [0.29, 0.717) is 4.73 Å². The summed E-state index contributed by atoms with van der Waals surface area (Å²) in [7, 11) is 0. The lowest BCUT2D eigenvalue weighted by atomic mass is 10.3. The van der Waals surface area contributed by atoms with Gasteiger partial charge in [0.2, 0.25) is 12.4 Å². The van der Waals surface area contributed by atoms with Crippen LogP contribution in [0, 0.1) is 0 Å². The number of hydrogen-bond acceptors (Lipinski definition) is 2. The molecule has 0 aliphatic carbocycles. The lowest BCUT2D eigenvalue weighted by molar-refractivity contribution is -0.904. The van der Waals surface area contributed by atoms with E-state index in [2.05, 4.69) is 0 Å². The van der Waals surface area contributed by atoms with Gasteiger partial charge in [0.15, 0.2) is 0 Å². The van der Waals surface area contributed by atoms with E-state index in [0.717, 1.165) is 6.20 Å². The summed E-state index contributed by atoms with van der Waals surface area (Å²) in [4.78, 5) is 10.2. The van der Waals surface area contributed by atoms with E-state index in [9.17, 15) is 4.79 Å². The van der Waals surface area contributed by atoms with Crippen LogP contribution in [0.1, 0.15) is 10.4 Å². The van der Waals surface area contributed by atoms with Crippen LogP contribution in [0.25, 0.3) is 0 Å². The molecule has 0 bridgehead atoms. The number of carboxylic acids is 1. The highest BCUT2D eigenvalue weighted by Crippen LogP contribution is 1.91. The van der Waals surface area contributed by atoms with Gasteiger partial charge < -0.3 is 5.11 Å². The highest BCUT2D eigenvalue weighted by atomic mass is 16.5. The maximum atomic E-state index is 10.2. The van der Waals surface area contributed by atoms with E-state index < -0.39 is 5.97 Å². The molecule has 1 heterocycles. The topological polar surface area (TPSA) is 61.4 Å². The minimum absolute atomic E-state index is 0.0602. The summed E-state index contributed by atoms with van der Waals surface area (Å²) in [5, 5.41) is 17.1. The van der Waals surface area contributed by atoms with E-state index in [4.69, 9.17) is 10.3 Å². The van der Waals surface area contributed by atoms with Crippen LogP contribution in [0.3, 0.4) is 0 Å². The average molecular weight is 140 g/mol. The molecule has 0 saturated heterocycles. The molecule has 1 aromatic heterocycles. The Hall–Kier alpha value is -1.58. The molecule has 0 atom stereocenters. The summed E-state index contributed by atoms with van der Waals surface area (Å²) in [6.07, 6.45) is 2.45. The smallest absolute Gasteiger partial charge is 0.341 e. The van der Waals surface area contributed by atoms with E-state index in [-0.39, 0.29) is 5.56 Å². The normalized spacial score (nSPS) is 9.20. The number of carbonyl (C=O) groups is 1. The predicted molar refractivity (Wildman–Crippen MR) is 30.8 cm³/mol. The van der Waals surface area contributed by atoms with Gasteiger partial charge in [0.25, 0.3) is 0 Å². The largest absolute Gasteiger partial charge is 0.477 e. The van der Waals surface area contributed by atoms with Crippen molar-refractivity contribution in [3.05, 3.63) is 30.1 Å². The molecule has 4 nitrogen and oxygen atoms in total. The Morgan fingerprint density at radius 1 is 1.60 bits per heavy atom. The molecule has 2 N–H and O–H groups in total. The molecule has 4 heteroatoms. The number of rotatable bonds is 1. The van der Waals surface area contributed by atoms with Crippen molar-refractivity contribution in [2.75, 3.05) is 0 Å². The molecule has 0 saturated carbocycles. The molecule has 0 aliphatic rings. The van der Waals surface area contributed by atoms with Crippen molar-refractivity contribution in [1.82, 2.24) is 0 Å². The summed E-state index contributed by atoms with van der Waals surface area (Å²) in [5.74, 6) is -1.05. The van der Waals surface area contributed by atoms with Gasteiger partial charge in [0.05, 0.1) is 0 Å². The fourth-order valence-corrected chi connectivity index (χ4v) is 0.590. The highest BCUT2D eigenvalue weighted by Gasteiger charge is 2.06. The third-order valence-electron chi connectivity index (χ3n) is 1.03. The molecule has 0 spiro atoms. The maximum Gasteiger partial charge on any atom is 0.341 e. The van der Waals surface area contributed by atoms with Crippen molar-refractivity contribution in [2.24, 2.45) is 0 Å². The van der Waals surface area contributed by atoms with Crippen LogP contribution in [0.5, 0.6) is 0 Å². The molecule has 0 aliphatic heterocycles. The van der Waals surface area contributed by atoms with Crippen molar-refractivity contribution in [1.29, 1.82) is 0 Å². The Balaban J connectivity index is 3.07. The summed E-state index contributed by atoms with van der Waals surface area (Å²) in [5.41, 5.74) is 0.0602. The van der Waals surface area contributed by atoms with Gasteiger partial charge in [-0.3, -0.25) is 5.21 Å². The number of hydrogen-bond donors (Lipinski definition) is 2. The molecule has 10 heavy (non-hydrogen) atoms. The molecular weight excluding hydrogens is 134 g/mol. The Morgan fingerprint density at radius 2 is 2.30 bits per heavy atom. The zero-order valence-electron chi connectivity index (χ0n) is 5.06. The van der Waals surface area contributed by atoms with Gasteiger partial charge in [-0.1, -0.05) is 0 Å². The third-order valence-corrected chi connectivity index (χ3v) is 1.03. The summed E-state index contributed by atoms with van der Waals surface area (Å²) < 4.78 is 0.698. The Morgan fingerprint density at radius 3 is 2.70 bits per heavy atom. The minimum atomic E-state index is -1.05. The Bertz CT molecular complexity index is 259. The van der Waals surface area contributed by atoms with Crippen LogP contribution in [0.4, 0.5) is 0 Å². The lowest BCUT2D eigenvalue weighted by Crippen LogP contribution is -2.29. The van der Waals surface area contributed by atoms with Crippen molar-refractivity contribution in [3.63, 3.8) is 0 Å². The summed E-state index contributed by atoms with van der Waals surface area (Å²) >= 11 is 0. The van der Waals surface area contributed by atoms with Crippen molar-refractivity contribution >= 4 is 5.97 Å². The van der Waals surface area contributed by atoms with Crippen molar-refractivity contribution in [2.45, 2.75) is 0 Å². The minimum Gasteiger partial charge on any atom is -0.477 e. The number of pyridine rings is 1. The first-order valence-electron chi connectivity index (χ1n) is 2.64. The van der Waals surface area contributed by atoms with E-state index in [1.807, 2.05) is 0 Å². The molecule has 52 valence electrons. The zero-order valence-corrected chi connectivity index (χ0v) is 5.06. The van der Waals surface area contributed by atoms with Crippen molar-refractivity contribution in [3.8, 4) is 0 Å². The van der Waals surface area contributed by atoms with Crippen molar-refractivity contribution < 1.29 is 19.8 Å². The molecule has 1 rings (SSSR count). The molecule has 0 unspecified atom stereocenters. The second-order valence-corrected chi connectivity index (χ2v) is 1.78. The van der Waals surface area contributed by atoms with Crippen LogP contribution < -0.4 is 4.73 Å². The molecule has 0 amide bonds. The van der Waals surface area contributed by atoms with Crippen LogP contribution in [0.15, 0.2) is 24.5 Å². The first kappa shape index (κ1) is 6.54. The van der Waals surface area contributed by atoms with Gasteiger partial charge in [0, 0.05) is 10.8 Å². The molecular formula is C6H6NO3+. The molecule has 0 aromatic carbocycles. The van der Waals surface area contributed by atoms with E-state index >= 15 is 0 Å². The monoisotopic (exact) mass is 140 g/mol. The van der Waals surface area contributed by atoms with Gasteiger partial charge in [-0.2, -0.15) is 0 Å². The summed E-state index contributed by atoms with van der Waals surface area (Å²) in [6, 6.07) is 2.85. The number of aromatic nitrogens is 1. The average Bonchev–Trinajstić information content (AvgIpc) is 1.88. The van der Waals surface area contributed by atoms with Crippen LogP contribution in [-0.2, 0) is 0 Å². The standard InChI is InChI=1S/C6H5NO3/c8-6(9)5-2-1-3-7(10)4-5/h1-4H,(H-,8,9,10)/p+1. The third kappa shape index (κ3) is 1.22. The number of aromatic carboxylic acids is 1. The fraction of sp³-hybridized carbons (Fsp3) is 0. The number of nitrogens with zero attached hydrogens (tertiary/aromatic N) is 1. The quantitative estimate of drug-likeness (QED) is 0.423. The Labute approximate surface area is 56.9 Å². The first-order valence-corrected chi connectivity index (χ1v) is 2.64. The summed E-state index contributed by atoms with van der Waals surface area (Å²) in [6.45, 7) is 0. The highest BCUT2D eigenvalue weighted by molar-refractivity contribution is 5.86. The van der Waals surface area contributed by atoms with Crippen LogP contribution in [0.2, 0.25) is 0 Å². The van der Waals surface area contributed by atoms with Gasteiger partial charge in [0.1, 0.15) is 5.56 Å². The number of carboxylic acid groups (broad SMARTS) is 1. The maximum absolute atomic E-state index is 10.2.